The van der Waals surface area contributed by atoms with Gasteiger partial charge in [-0.2, -0.15) is 0 Å². The number of anilines is 1. The molecule has 4 rings (SSSR count). The summed E-state index contributed by atoms with van der Waals surface area (Å²) in [4.78, 5) is 29.9. The smallest absolute Gasteiger partial charge is 0.249 e. The third-order valence-electron chi connectivity index (χ3n) is 6.39. The molecule has 4 aromatic rings. The molecule has 1 atom stereocenters. The quantitative estimate of drug-likeness (QED) is 0.314. The van der Waals surface area contributed by atoms with Crippen LogP contribution in [0.2, 0.25) is 0 Å². The van der Waals surface area contributed by atoms with Gasteiger partial charge in [0.1, 0.15) is 18.1 Å². The molecular weight excluding hydrogens is 506 g/mol. The predicted molar refractivity (Wildman–Crippen MR) is 156 cm³/mol. The fourth-order valence-electron chi connectivity index (χ4n) is 4.72. The number of aromatic nitrogens is 3. The van der Waals surface area contributed by atoms with Crippen LogP contribution >= 0.6 is 0 Å². The van der Waals surface area contributed by atoms with Gasteiger partial charge in [0.25, 0.3) is 0 Å². The molecule has 1 heterocycles. The fourth-order valence-corrected chi connectivity index (χ4v) is 4.72. The van der Waals surface area contributed by atoms with Crippen molar-refractivity contribution >= 4 is 28.5 Å². The Hall–Kier alpha value is -4.40. The average molecular weight is 544 g/mol. The van der Waals surface area contributed by atoms with Crippen molar-refractivity contribution in [2.75, 3.05) is 18.6 Å². The Labute approximate surface area is 235 Å². The minimum atomic E-state index is -1.01. The SMILES string of the molecule is CCOc1ccc([C@H](C(=O)NC(C)(C)C)N(C(=O)Cn2nnc3ccccc32)c2ccc(C)cc2C)cc1OC. The first-order valence-electron chi connectivity index (χ1n) is 13.3. The maximum absolute atomic E-state index is 14.3. The second-order valence-electron chi connectivity index (χ2n) is 10.8. The van der Waals surface area contributed by atoms with Crippen LogP contribution in [0.4, 0.5) is 5.69 Å². The number of amides is 2. The Kier molecular flexibility index (Phi) is 8.42. The lowest BCUT2D eigenvalue weighted by Crippen LogP contribution is -2.50. The molecule has 0 fully saturated rings. The maximum Gasteiger partial charge on any atom is 0.249 e. The molecular formula is C31H37N5O4. The zero-order valence-corrected chi connectivity index (χ0v) is 24.2. The predicted octanol–water partition coefficient (Wildman–Crippen LogP) is 5.14. The number of aryl methyl sites for hydroxylation is 2. The zero-order chi connectivity index (χ0) is 29.0. The van der Waals surface area contributed by atoms with Crippen molar-refractivity contribution in [3.05, 3.63) is 77.4 Å². The van der Waals surface area contributed by atoms with E-state index in [0.29, 0.717) is 34.9 Å². The minimum Gasteiger partial charge on any atom is -0.493 e. The molecule has 210 valence electrons. The summed E-state index contributed by atoms with van der Waals surface area (Å²) in [6.45, 7) is 11.9. The molecule has 0 radical (unpaired) electrons. The molecule has 0 saturated heterocycles. The minimum absolute atomic E-state index is 0.110. The monoisotopic (exact) mass is 543 g/mol. The number of hydrogen-bond donors (Lipinski definition) is 1. The number of hydrogen-bond acceptors (Lipinski definition) is 6. The Morgan fingerprint density at radius 2 is 1.77 bits per heavy atom. The largest absolute Gasteiger partial charge is 0.493 e. The van der Waals surface area contributed by atoms with E-state index in [0.717, 1.165) is 16.6 Å². The van der Waals surface area contributed by atoms with Crippen LogP contribution in [0.1, 0.15) is 50.4 Å². The number of nitrogens with one attached hydrogen (secondary N) is 1. The molecule has 0 bridgehead atoms. The van der Waals surface area contributed by atoms with Gasteiger partial charge in [0, 0.05) is 11.2 Å². The molecule has 1 aromatic heterocycles. The van der Waals surface area contributed by atoms with E-state index in [4.69, 9.17) is 9.47 Å². The van der Waals surface area contributed by atoms with Crippen LogP contribution in [-0.4, -0.2) is 46.1 Å². The van der Waals surface area contributed by atoms with Crippen molar-refractivity contribution in [1.29, 1.82) is 0 Å². The standard InChI is InChI=1S/C31H37N5O4/c1-8-40-26-16-14-22(18-27(26)39-7)29(30(38)32-31(4,5)6)36(24-15-13-20(2)17-21(24)3)28(37)19-35-25-12-10-9-11-23(25)33-34-35/h9-18,29H,8,19H2,1-7H3,(H,32,38)/t29-/m1/s1. The molecule has 0 aliphatic carbocycles. The van der Waals surface area contributed by atoms with Crippen molar-refractivity contribution < 1.29 is 19.1 Å². The summed E-state index contributed by atoms with van der Waals surface area (Å²) in [5, 5.41) is 11.5. The second kappa shape index (κ2) is 11.8. The number of rotatable bonds is 9. The summed E-state index contributed by atoms with van der Waals surface area (Å²) in [6.07, 6.45) is 0. The van der Waals surface area contributed by atoms with Crippen LogP contribution in [0, 0.1) is 13.8 Å². The van der Waals surface area contributed by atoms with Gasteiger partial charge < -0.3 is 14.8 Å². The normalized spacial score (nSPS) is 12.2. The van der Waals surface area contributed by atoms with Crippen molar-refractivity contribution in [3.8, 4) is 11.5 Å². The fraction of sp³-hybridized carbons (Fsp3) is 0.355. The zero-order valence-electron chi connectivity index (χ0n) is 24.2. The summed E-state index contributed by atoms with van der Waals surface area (Å²) in [7, 11) is 1.55. The van der Waals surface area contributed by atoms with Crippen molar-refractivity contribution in [3.63, 3.8) is 0 Å². The van der Waals surface area contributed by atoms with E-state index in [1.54, 1.807) is 34.9 Å². The number of para-hydroxylation sites is 1. The van der Waals surface area contributed by atoms with Crippen LogP contribution in [0.25, 0.3) is 11.0 Å². The van der Waals surface area contributed by atoms with Gasteiger partial charge in [-0.05, 0) is 83.0 Å². The Morgan fingerprint density at radius 3 is 2.45 bits per heavy atom. The number of nitrogens with zero attached hydrogens (tertiary/aromatic N) is 4. The molecule has 0 spiro atoms. The van der Waals surface area contributed by atoms with Gasteiger partial charge in [-0.15, -0.1) is 5.10 Å². The molecule has 2 amide bonds. The molecule has 0 saturated carbocycles. The van der Waals surface area contributed by atoms with E-state index in [1.165, 1.54) is 0 Å². The first-order chi connectivity index (χ1) is 19.0. The summed E-state index contributed by atoms with van der Waals surface area (Å²) in [5.41, 5.74) is 4.00. The van der Waals surface area contributed by atoms with Gasteiger partial charge in [0.2, 0.25) is 11.8 Å². The first kappa shape index (κ1) is 28.6. The van der Waals surface area contributed by atoms with Crippen molar-refractivity contribution in [2.45, 2.75) is 59.7 Å². The van der Waals surface area contributed by atoms with E-state index >= 15 is 0 Å². The molecule has 0 aliphatic rings. The third-order valence-corrected chi connectivity index (χ3v) is 6.39. The second-order valence-corrected chi connectivity index (χ2v) is 10.8. The van der Waals surface area contributed by atoms with Crippen molar-refractivity contribution in [1.82, 2.24) is 20.3 Å². The van der Waals surface area contributed by atoms with E-state index < -0.39 is 11.6 Å². The highest BCUT2D eigenvalue weighted by atomic mass is 16.5. The summed E-state index contributed by atoms with van der Waals surface area (Å²) in [6, 6.07) is 17.6. The number of fused-ring (bicyclic) bond motifs is 1. The van der Waals surface area contributed by atoms with E-state index in [9.17, 15) is 9.59 Å². The number of ether oxygens (including phenoxy) is 2. The summed E-state index contributed by atoms with van der Waals surface area (Å²) < 4.78 is 12.9. The summed E-state index contributed by atoms with van der Waals surface area (Å²) in [5.74, 6) is 0.394. The molecule has 40 heavy (non-hydrogen) atoms. The molecule has 9 heteroatoms. The molecule has 1 N–H and O–H groups in total. The first-order valence-corrected chi connectivity index (χ1v) is 13.3. The van der Waals surface area contributed by atoms with Crippen LogP contribution in [0.3, 0.4) is 0 Å². The van der Waals surface area contributed by atoms with Gasteiger partial charge in [-0.25, -0.2) is 4.68 Å². The van der Waals surface area contributed by atoms with Crippen LogP contribution in [-0.2, 0) is 16.1 Å². The van der Waals surface area contributed by atoms with Crippen LogP contribution < -0.4 is 19.7 Å². The van der Waals surface area contributed by atoms with Gasteiger partial charge in [0.15, 0.2) is 11.5 Å². The van der Waals surface area contributed by atoms with Gasteiger partial charge in [-0.3, -0.25) is 14.5 Å². The lowest BCUT2D eigenvalue weighted by molar-refractivity contribution is -0.128. The third kappa shape index (κ3) is 6.25. The van der Waals surface area contributed by atoms with Gasteiger partial charge in [0.05, 0.1) is 19.2 Å². The van der Waals surface area contributed by atoms with E-state index in [2.05, 4.69) is 15.6 Å². The number of benzene rings is 3. The lowest BCUT2D eigenvalue weighted by atomic mass is 9.99. The Bertz CT molecular complexity index is 1520. The number of carbonyl (C=O) groups excluding carboxylic acids is 2. The number of carbonyl (C=O) groups is 2. The molecule has 9 nitrogen and oxygen atoms in total. The van der Waals surface area contributed by atoms with Gasteiger partial charge >= 0.3 is 0 Å². The maximum atomic E-state index is 14.3. The average Bonchev–Trinajstić information content (AvgIpc) is 3.30. The van der Waals surface area contributed by atoms with Crippen LogP contribution in [0.15, 0.2) is 60.7 Å². The Balaban J connectivity index is 1.89. The molecule has 0 aliphatic heterocycles. The molecule has 3 aromatic carbocycles. The topological polar surface area (TPSA) is 98.6 Å². The highest BCUT2D eigenvalue weighted by Gasteiger charge is 2.36. The van der Waals surface area contributed by atoms with Gasteiger partial charge in [-0.1, -0.05) is 41.1 Å². The van der Waals surface area contributed by atoms with Crippen molar-refractivity contribution in [2.24, 2.45) is 0 Å². The Morgan fingerprint density at radius 1 is 1.02 bits per heavy atom. The number of methoxy groups -OCH3 is 1. The van der Waals surface area contributed by atoms with E-state index in [-0.39, 0.29) is 18.4 Å². The van der Waals surface area contributed by atoms with Crippen LogP contribution in [0.5, 0.6) is 11.5 Å². The molecule has 0 unspecified atom stereocenters. The summed E-state index contributed by atoms with van der Waals surface area (Å²) >= 11 is 0. The highest BCUT2D eigenvalue weighted by molar-refractivity contribution is 6.02. The van der Waals surface area contributed by atoms with E-state index in [1.807, 2.05) is 84.0 Å². The highest BCUT2D eigenvalue weighted by Crippen LogP contribution is 2.36. The lowest BCUT2D eigenvalue weighted by Gasteiger charge is -2.35.